The van der Waals surface area contributed by atoms with Crippen LogP contribution in [-0.2, 0) is 13.0 Å². The van der Waals surface area contributed by atoms with Gasteiger partial charge in [-0.15, -0.1) is 0 Å². The molecule has 2 aromatic carbocycles. The lowest BCUT2D eigenvalue weighted by Gasteiger charge is -2.28. The lowest BCUT2D eigenvalue weighted by Crippen LogP contribution is -2.39. The van der Waals surface area contributed by atoms with E-state index in [4.69, 9.17) is 11.6 Å². The van der Waals surface area contributed by atoms with Crippen LogP contribution in [0.3, 0.4) is 0 Å². The molecular formula is C20H16ClFN4O. The van der Waals surface area contributed by atoms with Crippen LogP contribution in [-0.4, -0.2) is 27.4 Å². The summed E-state index contributed by atoms with van der Waals surface area (Å²) in [5, 5.41) is 2.71. The maximum atomic E-state index is 13.2. The van der Waals surface area contributed by atoms with E-state index in [0.717, 1.165) is 16.8 Å². The molecule has 0 spiro atoms. The number of fused-ring (bicyclic) bond motifs is 1. The maximum absolute atomic E-state index is 13.2. The number of carbonyl (C=O) groups is 1. The van der Waals surface area contributed by atoms with Crippen LogP contribution < -0.4 is 5.32 Å². The summed E-state index contributed by atoms with van der Waals surface area (Å²) in [4.78, 5) is 23.3. The van der Waals surface area contributed by atoms with Crippen LogP contribution in [0.15, 0.2) is 54.7 Å². The monoisotopic (exact) mass is 382 g/mol. The van der Waals surface area contributed by atoms with Crippen LogP contribution in [0, 0.1) is 5.82 Å². The smallest absolute Gasteiger partial charge is 0.320 e. The topological polar surface area (TPSA) is 58.1 Å². The van der Waals surface area contributed by atoms with Crippen LogP contribution in [0.5, 0.6) is 0 Å². The molecule has 2 amide bonds. The number of nitrogens with one attached hydrogen (secondary N) is 1. The number of halogens is 2. The highest BCUT2D eigenvalue weighted by Gasteiger charge is 2.22. The van der Waals surface area contributed by atoms with Crippen molar-refractivity contribution in [2.75, 3.05) is 11.9 Å². The molecule has 0 saturated heterocycles. The highest BCUT2D eigenvalue weighted by molar-refractivity contribution is 6.31. The van der Waals surface area contributed by atoms with Crippen LogP contribution in [0.2, 0.25) is 5.02 Å². The van der Waals surface area contributed by atoms with Gasteiger partial charge in [-0.05, 0) is 18.2 Å². The minimum atomic E-state index is -0.520. The largest absolute Gasteiger partial charge is 0.322 e. The van der Waals surface area contributed by atoms with E-state index in [2.05, 4.69) is 15.3 Å². The number of amides is 2. The van der Waals surface area contributed by atoms with E-state index in [1.54, 1.807) is 11.1 Å². The molecule has 0 fully saturated rings. The van der Waals surface area contributed by atoms with Gasteiger partial charge in [0.2, 0.25) is 0 Å². The molecule has 0 radical (unpaired) electrons. The van der Waals surface area contributed by atoms with Crippen molar-refractivity contribution in [2.24, 2.45) is 0 Å². The van der Waals surface area contributed by atoms with Crippen LogP contribution in [0.1, 0.15) is 11.3 Å². The second-order valence-electron chi connectivity index (χ2n) is 6.26. The predicted molar refractivity (Wildman–Crippen MR) is 102 cm³/mol. The van der Waals surface area contributed by atoms with Gasteiger partial charge in [0.25, 0.3) is 0 Å². The molecule has 3 aromatic rings. The summed E-state index contributed by atoms with van der Waals surface area (Å²) in [6.07, 6.45) is 2.42. The average Bonchev–Trinajstić information content (AvgIpc) is 2.70. The van der Waals surface area contributed by atoms with Crippen molar-refractivity contribution in [2.45, 2.75) is 13.0 Å². The second-order valence-corrected chi connectivity index (χ2v) is 6.67. The summed E-state index contributed by atoms with van der Waals surface area (Å²) >= 11 is 5.76. The van der Waals surface area contributed by atoms with Gasteiger partial charge in [0.05, 0.1) is 17.3 Å². The molecule has 4 rings (SSSR count). The number of aromatic nitrogens is 2. The number of urea groups is 1. The lowest BCUT2D eigenvalue weighted by atomic mass is 10.1. The Bertz CT molecular complexity index is 997. The normalized spacial score (nSPS) is 13.2. The summed E-state index contributed by atoms with van der Waals surface area (Å²) in [5.41, 5.74) is 3.30. The van der Waals surface area contributed by atoms with Crippen molar-refractivity contribution in [1.82, 2.24) is 14.9 Å². The van der Waals surface area contributed by atoms with Gasteiger partial charge in [0.15, 0.2) is 5.82 Å². The fourth-order valence-corrected chi connectivity index (χ4v) is 3.17. The molecule has 7 heteroatoms. The third-order valence-corrected chi connectivity index (χ3v) is 4.71. The Hall–Kier alpha value is -2.99. The quantitative estimate of drug-likeness (QED) is 0.708. The van der Waals surface area contributed by atoms with E-state index in [1.807, 2.05) is 30.3 Å². The molecule has 0 aliphatic carbocycles. The number of hydrogen-bond donors (Lipinski definition) is 1. The number of anilines is 1. The van der Waals surface area contributed by atoms with Crippen molar-refractivity contribution in [3.05, 3.63) is 76.8 Å². The molecule has 1 aliphatic rings. The molecule has 0 atom stereocenters. The Labute approximate surface area is 160 Å². The Kier molecular flexibility index (Phi) is 4.73. The number of hydrogen-bond acceptors (Lipinski definition) is 3. The number of nitrogens with zero attached hydrogens (tertiary/aromatic N) is 3. The first-order valence-corrected chi connectivity index (χ1v) is 8.89. The van der Waals surface area contributed by atoms with Gasteiger partial charge >= 0.3 is 6.03 Å². The van der Waals surface area contributed by atoms with Crippen LogP contribution >= 0.6 is 11.6 Å². The van der Waals surface area contributed by atoms with Gasteiger partial charge < -0.3 is 10.2 Å². The van der Waals surface area contributed by atoms with Crippen LogP contribution in [0.4, 0.5) is 14.9 Å². The maximum Gasteiger partial charge on any atom is 0.322 e. The van der Waals surface area contributed by atoms with Crippen molar-refractivity contribution in [1.29, 1.82) is 0 Å². The summed E-state index contributed by atoms with van der Waals surface area (Å²) in [6, 6.07) is 13.6. The first kappa shape index (κ1) is 17.4. The van der Waals surface area contributed by atoms with Gasteiger partial charge in [-0.1, -0.05) is 41.9 Å². The van der Waals surface area contributed by atoms with Crippen molar-refractivity contribution >= 4 is 23.3 Å². The number of carbonyl (C=O) groups excluding carboxylic acids is 1. The first-order valence-electron chi connectivity index (χ1n) is 8.51. The van der Waals surface area contributed by atoms with Crippen molar-refractivity contribution < 1.29 is 9.18 Å². The molecular weight excluding hydrogens is 367 g/mol. The van der Waals surface area contributed by atoms with Crippen molar-refractivity contribution in [3.63, 3.8) is 0 Å². The summed E-state index contributed by atoms with van der Waals surface area (Å²) in [5.74, 6) is 0.168. The minimum Gasteiger partial charge on any atom is -0.320 e. The highest BCUT2D eigenvalue weighted by Crippen LogP contribution is 2.23. The zero-order valence-corrected chi connectivity index (χ0v) is 15.1. The molecule has 136 valence electrons. The zero-order valence-electron chi connectivity index (χ0n) is 14.3. The van der Waals surface area contributed by atoms with Gasteiger partial charge in [-0.2, -0.15) is 0 Å². The molecule has 5 nitrogen and oxygen atoms in total. The molecule has 0 unspecified atom stereocenters. The predicted octanol–water partition coefficient (Wildman–Crippen LogP) is 4.53. The van der Waals surface area contributed by atoms with E-state index in [0.29, 0.717) is 31.0 Å². The van der Waals surface area contributed by atoms with Gasteiger partial charge in [0, 0.05) is 36.0 Å². The number of benzene rings is 2. The minimum absolute atomic E-state index is 0.0290. The summed E-state index contributed by atoms with van der Waals surface area (Å²) in [6.45, 7) is 0.962. The van der Waals surface area contributed by atoms with Gasteiger partial charge in [-0.3, -0.25) is 0 Å². The lowest BCUT2D eigenvalue weighted by molar-refractivity contribution is 0.206. The van der Waals surface area contributed by atoms with E-state index in [9.17, 15) is 9.18 Å². The van der Waals surface area contributed by atoms with E-state index < -0.39 is 5.82 Å². The van der Waals surface area contributed by atoms with Crippen LogP contribution in [0.25, 0.3) is 11.4 Å². The van der Waals surface area contributed by atoms with E-state index in [1.165, 1.54) is 18.2 Å². The summed E-state index contributed by atoms with van der Waals surface area (Å²) in [7, 11) is 0. The summed E-state index contributed by atoms with van der Waals surface area (Å²) < 4.78 is 13.2. The zero-order chi connectivity index (χ0) is 18.8. The van der Waals surface area contributed by atoms with Gasteiger partial charge in [-0.25, -0.2) is 19.2 Å². The molecule has 0 bridgehead atoms. The number of rotatable bonds is 2. The molecule has 0 saturated carbocycles. The van der Waals surface area contributed by atoms with Crippen molar-refractivity contribution in [3.8, 4) is 11.4 Å². The standard InChI is InChI=1S/C20H16ClFN4O/c21-16-10-15(6-7-17(16)22)24-20(27)26-9-8-18-14(12-26)11-23-19(25-18)13-4-2-1-3-5-13/h1-7,10-11H,8-9,12H2,(H,24,27). The molecule has 1 aromatic heterocycles. The average molecular weight is 383 g/mol. The SMILES string of the molecule is O=C(Nc1ccc(F)c(Cl)c1)N1CCc2nc(-c3ccccc3)ncc2C1. The molecule has 1 N–H and O–H groups in total. The fourth-order valence-electron chi connectivity index (χ4n) is 2.99. The Morgan fingerprint density at radius 3 is 2.78 bits per heavy atom. The second kappa shape index (κ2) is 7.32. The molecule has 2 heterocycles. The Morgan fingerprint density at radius 1 is 1.19 bits per heavy atom. The molecule has 27 heavy (non-hydrogen) atoms. The van der Waals surface area contributed by atoms with Gasteiger partial charge in [0.1, 0.15) is 5.82 Å². The Balaban J connectivity index is 1.48. The van der Waals surface area contributed by atoms with E-state index in [-0.39, 0.29) is 11.1 Å². The third kappa shape index (κ3) is 3.75. The Morgan fingerprint density at radius 2 is 2.00 bits per heavy atom. The first-order chi connectivity index (χ1) is 13.1. The molecule has 1 aliphatic heterocycles. The van der Waals surface area contributed by atoms with E-state index >= 15 is 0 Å². The highest BCUT2D eigenvalue weighted by atomic mass is 35.5. The third-order valence-electron chi connectivity index (χ3n) is 4.42. The fraction of sp³-hybridized carbons (Fsp3) is 0.150.